The first-order valence-electron chi connectivity index (χ1n) is 12.2. The maximum atomic E-state index is 13.9. The molecule has 1 heterocycles. The lowest BCUT2D eigenvalue weighted by atomic mass is 9.79. The van der Waals surface area contributed by atoms with Crippen molar-refractivity contribution in [3.05, 3.63) is 107 Å². The van der Waals surface area contributed by atoms with Crippen LogP contribution in [0.5, 0.6) is 0 Å². The molecule has 1 spiro atoms. The lowest BCUT2D eigenvalue weighted by molar-refractivity contribution is -0.136. The number of fused-ring (bicyclic) bond motifs is 1. The summed E-state index contributed by atoms with van der Waals surface area (Å²) in [4.78, 5) is 40.0. The van der Waals surface area contributed by atoms with Crippen molar-refractivity contribution in [2.75, 3.05) is 23.9 Å². The molecule has 2 aliphatic rings. The molecule has 37 heavy (non-hydrogen) atoms. The Balaban J connectivity index is 1.36. The molecule has 3 aromatic rings. The minimum atomic E-state index is -0.597. The largest absolute Gasteiger partial charge is 0.466 e. The van der Waals surface area contributed by atoms with Crippen molar-refractivity contribution in [2.24, 2.45) is 5.41 Å². The van der Waals surface area contributed by atoms with E-state index < -0.39 is 11.7 Å². The summed E-state index contributed by atoms with van der Waals surface area (Å²) in [6.07, 6.45) is 5.03. The van der Waals surface area contributed by atoms with Gasteiger partial charge in [0.2, 0.25) is 0 Å². The van der Waals surface area contributed by atoms with E-state index in [1.165, 1.54) is 25.3 Å². The summed E-state index contributed by atoms with van der Waals surface area (Å²) in [5, 5.41) is 2.67. The standard InChI is InChI=1S/C30H27FN2O4/c1-37-29(36)22-14-15-30(19-22)16-17-33(26-9-5-2-6-21(26)18-30)28(35)20-10-12-23(13-11-20)32-27(34)24-7-3-4-8-25(24)31/h2-13,19H,14-18H2,1H3,(H,32,34). The van der Waals surface area contributed by atoms with E-state index in [1.807, 2.05) is 24.3 Å². The molecule has 3 aromatic carbocycles. The average Bonchev–Trinajstić information content (AvgIpc) is 3.25. The number of carbonyl (C=O) groups is 3. The zero-order chi connectivity index (χ0) is 26.0. The van der Waals surface area contributed by atoms with Gasteiger partial charge in [-0.1, -0.05) is 36.4 Å². The number of hydrogen-bond acceptors (Lipinski definition) is 4. The Morgan fingerprint density at radius 3 is 2.43 bits per heavy atom. The van der Waals surface area contributed by atoms with Crippen molar-refractivity contribution in [1.82, 2.24) is 0 Å². The van der Waals surface area contributed by atoms with E-state index in [0.717, 1.165) is 30.5 Å². The molecule has 1 aliphatic heterocycles. The summed E-state index contributed by atoms with van der Waals surface area (Å²) in [6.45, 7) is 0.507. The van der Waals surface area contributed by atoms with Gasteiger partial charge in [0.05, 0.1) is 12.7 Å². The van der Waals surface area contributed by atoms with E-state index in [4.69, 9.17) is 4.74 Å². The van der Waals surface area contributed by atoms with E-state index in [1.54, 1.807) is 35.2 Å². The number of rotatable bonds is 4. The van der Waals surface area contributed by atoms with Crippen LogP contribution in [-0.2, 0) is 16.0 Å². The third kappa shape index (κ3) is 4.89. The number of ether oxygens (including phenoxy) is 1. The maximum Gasteiger partial charge on any atom is 0.333 e. The second kappa shape index (κ2) is 10.0. The zero-order valence-corrected chi connectivity index (χ0v) is 20.5. The lowest BCUT2D eigenvalue weighted by Crippen LogP contribution is -2.33. The van der Waals surface area contributed by atoms with Crippen LogP contribution in [0.1, 0.15) is 45.5 Å². The Morgan fingerprint density at radius 2 is 1.68 bits per heavy atom. The molecule has 6 nitrogen and oxygen atoms in total. The molecule has 1 atom stereocenters. The topological polar surface area (TPSA) is 75.7 Å². The Morgan fingerprint density at radius 1 is 0.946 bits per heavy atom. The smallest absolute Gasteiger partial charge is 0.333 e. The van der Waals surface area contributed by atoms with Gasteiger partial charge in [-0.25, -0.2) is 9.18 Å². The molecule has 0 bridgehead atoms. The summed E-state index contributed by atoms with van der Waals surface area (Å²) >= 11 is 0. The van der Waals surface area contributed by atoms with Crippen LogP contribution in [-0.4, -0.2) is 31.4 Å². The molecule has 0 aromatic heterocycles. The molecule has 1 unspecified atom stereocenters. The average molecular weight is 499 g/mol. The van der Waals surface area contributed by atoms with Gasteiger partial charge in [-0.15, -0.1) is 0 Å². The fourth-order valence-corrected chi connectivity index (χ4v) is 5.28. The molecule has 0 saturated heterocycles. The number of amides is 2. The summed E-state index contributed by atoms with van der Waals surface area (Å²) in [7, 11) is 1.40. The fraction of sp³-hybridized carbons (Fsp3) is 0.233. The van der Waals surface area contributed by atoms with Crippen molar-refractivity contribution in [3.8, 4) is 0 Å². The van der Waals surface area contributed by atoms with Gasteiger partial charge in [0, 0.05) is 29.1 Å². The number of anilines is 2. The van der Waals surface area contributed by atoms with Gasteiger partial charge in [0.1, 0.15) is 5.82 Å². The van der Waals surface area contributed by atoms with Crippen molar-refractivity contribution in [3.63, 3.8) is 0 Å². The second-order valence-corrected chi connectivity index (χ2v) is 9.55. The highest BCUT2D eigenvalue weighted by Gasteiger charge is 2.39. The van der Waals surface area contributed by atoms with Crippen LogP contribution >= 0.6 is 0 Å². The maximum absolute atomic E-state index is 13.9. The van der Waals surface area contributed by atoms with Gasteiger partial charge in [-0.05, 0) is 79.1 Å². The summed E-state index contributed by atoms with van der Waals surface area (Å²) in [5.74, 6) is -1.59. The number of nitrogens with zero attached hydrogens (tertiary/aromatic N) is 1. The second-order valence-electron chi connectivity index (χ2n) is 9.55. The molecule has 7 heteroatoms. The monoisotopic (exact) mass is 498 g/mol. The van der Waals surface area contributed by atoms with Crippen molar-refractivity contribution in [2.45, 2.75) is 25.7 Å². The van der Waals surface area contributed by atoms with Crippen LogP contribution in [0.15, 0.2) is 84.4 Å². The van der Waals surface area contributed by atoms with E-state index >= 15 is 0 Å². The number of halogens is 1. The van der Waals surface area contributed by atoms with Gasteiger partial charge in [0.15, 0.2) is 0 Å². The minimum Gasteiger partial charge on any atom is -0.466 e. The van der Waals surface area contributed by atoms with Crippen LogP contribution in [0, 0.1) is 11.2 Å². The predicted octanol–water partition coefficient (Wildman–Crippen LogP) is 5.55. The lowest BCUT2D eigenvalue weighted by Gasteiger charge is -2.26. The molecule has 188 valence electrons. The van der Waals surface area contributed by atoms with Crippen molar-refractivity contribution < 1.29 is 23.5 Å². The van der Waals surface area contributed by atoms with E-state index in [-0.39, 0.29) is 22.9 Å². The van der Waals surface area contributed by atoms with E-state index in [9.17, 15) is 18.8 Å². The van der Waals surface area contributed by atoms with Crippen LogP contribution in [0.3, 0.4) is 0 Å². The quantitative estimate of drug-likeness (QED) is 0.479. The summed E-state index contributed by atoms with van der Waals surface area (Å²) in [5.41, 5.74) is 3.32. The van der Waals surface area contributed by atoms with E-state index in [0.29, 0.717) is 29.8 Å². The molecule has 1 aliphatic carbocycles. The Labute approximate surface area is 214 Å². The highest BCUT2D eigenvalue weighted by molar-refractivity contribution is 6.08. The number of benzene rings is 3. The first-order valence-corrected chi connectivity index (χ1v) is 12.2. The van der Waals surface area contributed by atoms with Gasteiger partial charge in [-0.2, -0.15) is 0 Å². The highest BCUT2D eigenvalue weighted by atomic mass is 19.1. The Hall–Kier alpha value is -4.26. The number of esters is 1. The summed E-state index contributed by atoms with van der Waals surface area (Å²) in [6, 6.07) is 20.2. The third-order valence-electron chi connectivity index (χ3n) is 7.23. The van der Waals surface area contributed by atoms with Crippen molar-refractivity contribution >= 4 is 29.2 Å². The van der Waals surface area contributed by atoms with Crippen LogP contribution in [0.4, 0.5) is 15.8 Å². The number of carbonyl (C=O) groups excluding carboxylic acids is 3. The molecule has 0 radical (unpaired) electrons. The molecule has 1 N–H and O–H groups in total. The number of nitrogens with one attached hydrogen (secondary N) is 1. The third-order valence-corrected chi connectivity index (χ3v) is 7.23. The molecular formula is C30H27FN2O4. The molecule has 0 saturated carbocycles. The summed E-state index contributed by atoms with van der Waals surface area (Å²) < 4.78 is 18.9. The minimum absolute atomic E-state index is 0.0472. The normalized spacial score (nSPS) is 18.5. The molecular weight excluding hydrogens is 471 g/mol. The van der Waals surface area contributed by atoms with Gasteiger partial charge in [0.25, 0.3) is 11.8 Å². The highest BCUT2D eigenvalue weighted by Crippen LogP contribution is 2.46. The van der Waals surface area contributed by atoms with Gasteiger partial charge < -0.3 is 15.0 Å². The first-order chi connectivity index (χ1) is 17.9. The Kier molecular flexibility index (Phi) is 6.61. The van der Waals surface area contributed by atoms with Crippen LogP contribution in [0.2, 0.25) is 0 Å². The number of para-hydroxylation sites is 1. The van der Waals surface area contributed by atoms with Gasteiger partial charge in [-0.3, -0.25) is 9.59 Å². The number of allylic oxidation sites excluding steroid dienone is 1. The molecule has 0 fully saturated rings. The molecule has 5 rings (SSSR count). The molecule has 2 amide bonds. The van der Waals surface area contributed by atoms with Crippen molar-refractivity contribution in [1.29, 1.82) is 0 Å². The van der Waals surface area contributed by atoms with Crippen LogP contribution < -0.4 is 10.2 Å². The fourth-order valence-electron chi connectivity index (χ4n) is 5.28. The van der Waals surface area contributed by atoms with E-state index in [2.05, 4.69) is 11.4 Å². The van der Waals surface area contributed by atoms with Crippen LogP contribution in [0.25, 0.3) is 0 Å². The predicted molar refractivity (Wildman–Crippen MR) is 139 cm³/mol. The SMILES string of the molecule is COC(=O)C1=CC2(CC1)CCN(C(=O)c1ccc(NC(=O)c3ccccc3F)cc1)c1ccccc1C2. The number of methoxy groups -OCH3 is 1. The Bertz CT molecular complexity index is 1400. The zero-order valence-electron chi connectivity index (χ0n) is 20.5. The first kappa shape index (κ1) is 24.4. The number of hydrogen-bond donors (Lipinski definition) is 1. The van der Waals surface area contributed by atoms with Gasteiger partial charge >= 0.3 is 5.97 Å².